The molecule has 136 valence electrons. The van der Waals surface area contributed by atoms with E-state index < -0.39 is 0 Å². The van der Waals surface area contributed by atoms with Crippen LogP contribution in [0.5, 0.6) is 5.75 Å². The summed E-state index contributed by atoms with van der Waals surface area (Å²) in [4.78, 5) is 4.71. The van der Waals surface area contributed by atoms with Crippen molar-refractivity contribution < 1.29 is 9.13 Å². The summed E-state index contributed by atoms with van der Waals surface area (Å²) in [5.41, 5.74) is 5.08. The molecule has 0 amide bonds. The van der Waals surface area contributed by atoms with Crippen LogP contribution in [0.15, 0.2) is 54.6 Å². The number of nitrogens with one attached hydrogen (secondary N) is 1. The van der Waals surface area contributed by atoms with Gasteiger partial charge in [0.1, 0.15) is 17.4 Å². The molecule has 0 saturated heterocycles. The highest BCUT2D eigenvalue weighted by atomic mass is 19.1. The third-order valence-corrected chi connectivity index (χ3v) is 4.39. The Morgan fingerprint density at radius 3 is 2.52 bits per heavy atom. The summed E-state index contributed by atoms with van der Waals surface area (Å²) >= 11 is 0. The minimum Gasteiger partial charge on any atom is -0.496 e. The smallest absolute Gasteiger partial charge is 0.165 e. The van der Waals surface area contributed by atoms with Gasteiger partial charge in [0.25, 0.3) is 0 Å². The largest absolute Gasteiger partial charge is 0.496 e. The average Bonchev–Trinajstić information content (AvgIpc) is 2.99. The highest BCUT2D eigenvalue weighted by Gasteiger charge is 2.18. The monoisotopic (exact) mass is 362 g/mol. The van der Waals surface area contributed by atoms with Crippen molar-refractivity contribution in [3.8, 4) is 16.9 Å². The van der Waals surface area contributed by atoms with Gasteiger partial charge >= 0.3 is 0 Å². The summed E-state index contributed by atoms with van der Waals surface area (Å²) in [7, 11) is 1.65. The predicted molar refractivity (Wildman–Crippen MR) is 104 cm³/mol. The van der Waals surface area contributed by atoms with Crippen molar-refractivity contribution in [2.24, 2.45) is 0 Å². The SMILES string of the molecule is COc1ccccc1-c1c(C)nn2c(Nc3ccc(F)cc3)cc(C)nc12. The zero-order valence-corrected chi connectivity index (χ0v) is 15.3. The van der Waals surface area contributed by atoms with E-state index in [1.807, 2.05) is 44.2 Å². The number of aryl methyl sites for hydroxylation is 2. The van der Waals surface area contributed by atoms with Crippen LogP contribution in [0, 0.1) is 19.7 Å². The molecule has 2 aromatic carbocycles. The van der Waals surface area contributed by atoms with Crippen LogP contribution in [-0.4, -0.2) is 21.7 Å². The number of benzene rings is 2. The van der Waals surface area contributed by atoms with Crippen LogP contribution in [0.4, 0.5) is 15.9 Å². The van der Waals surface area contributed by atoms with Gasteiger partial charge in [-0.15, -0.1) is 0 Å². The molecule has 0 aliphatic heterocycles. The van der Waals surface area contributed by atoms with Crippen LogP contribution in [0.3, 0.4) is 0 Å². The Morgan fingerprint density at radius 1 is 1.04 bits per heavy atom. The second kappa shape index (κ2) is 6.72. The lowest BCUT2D eigenvalue weighted by Crippen LogP contribution is -2.02. The number of hydrogen-bond donors (Lipinski definition) is 1. The van der Waals surface area contributed by atoms with E-state index >= 15 is 0 Å². The maximum atomic E-state index is 13.2. The van der Waals surface area contributed by atoms with Crippen molar-refractivity contribution in [1.29, 1.82) is 0 Å². The summed E-state index contributed by atoms with van der Waals surface area (Å²) in [6.07, 6.45) is 0. The molecule has 5 nitrogen and oxygen atoms in total. The molecule has 0 unspecified atom stereocenters. The van der Waals surface area contributed by atoms with Crippen molar-refractivity contribution in [2.75, 3.05) is 12.4 Å². The Morgan fingerprint density at radius 2 is 1.78 bits per heavy atom. The molecular formula is C21H19FN4O. The lowest BCUT2D eigenvalue weighted by atomic mass is 10.1. The highest BCUT2D eigenvalue weighted by molar-refractivity contribution is 5.84. The van der Waals surface area contributed by atoms with Crippen molar-refractivity contribution in [1.82, 2.24) is 14.6 Å². The van der Waals surface area contributed by atoms with Gasteiger partial charge in [-0.1, -0.05) is 18.2 Å². The fourth-order valence-electron chi connectivity index (χ4n) is 3.18. The molecular weight excluding hydrogens is 343 g/mol. The van der Waals surface area contributed by atoms with Gasteiger partial charge < -0.3 is 10.1 Å². The molecule has 2 aromatic heterocycles. The van der Waals surface area contributed by atoms with Crippen molar-refractivity contribution in [2.45, 2.75) is 13.8 Å². The van der Waals surface area contributed by atoms with Crippen molar-refractivity contribution >= 4 is 17.2 Å². The quantitative estimate of drug-likeness (QED) is 0.561. The summed E-state index contributed by atoms with van der Waals surface area (Å²) < 4.78 is 20.5. The molecule has 0 spiro atoms. The highest BCUT2D eigenvalue weighted by Crippen LogP contribution is 2.35. The number of ether oxygens (including phenoxy) is 1. The van der Waals surface area contributed by atoms with Crippen molar-refractivity contribution in [3.63, 3.8) is 0 Å². The van der Waals surface area contributed by atoms with Gasteiger partial charge in [0.05, 0.1) is 18.4 Å². The number of aromatic nitrogens is 3. The van der Waals surface area contributed by atoms with Crippen LogP contribution in [-0.2, 0) is 0 Å². The molecule has 0 bridgehead atoms. The Labute approximate surface area is 156 Å². The van der Waals surface area contributed by atoms with Gasteiger partial charge in [-0.3, -0.25) is 0 Å². The van der Waals surface area contributed by atoms with Gasteiger partial charge in [-0.2, -0.15) is 9.61 Å². The van der Waals surface area contributed by atoms with E-state index in [0.29, 0.717) is 0 Å². The number of fused-ring (bicyclic) bond motifs is 1. The summed E-state index contributed by atoms with van der Waals surface area (Å²) in [6.45, 7) is 3.89. The van der Waals surface area contributed by atoms with Gasteiger partial charge in [0.2, 0.25) is 0 Å². The van der Waals surface area contributed by atoms with E-state index in [0.717, 1.165) is 45.4 Å². The Kier molecular flexibility index (Phi) is 4.24. The molecule has 2 heterocycles. The average molecular weight is 362 g/mol. The standard InChI is InChI=1S/C21H19FN4O/c1-13-12-19(24-16-10-8-15(22)9-11-16)26-21(23-13)20(14(2)25-26)17-6-4-5-7-18(17)27-3/h4-12,24H,1-3H3. The molecule has 1 N–H and O–H groups in total. The molecule has 0 aliphatic carbocycles. The third-order valence-electron chi connectivity index (χ3n) is 4.39. The maximum absolute atomic E-state index is 13.2. The fourth-order valence-corrected chi connectivity index (χ4v) is 3.18. The lowest BCUT2D eigenvalue weighted by molar-refractivity contribution is 0.416. The van der Waals surface area contributed by atoms with E-state index in [-0.39, 0.29) is 5.82 Å². The topological polar surface area (TPSA) is 51.5 Å². The fraction of sp³-hybridized carbons (Fsp3) is 0.143. The first kappa shape index (κ1) is 17.0. The first-order valence-corrected chi connectivity index (χ1v) is 8.60. The molecule has 6 heteroatoms. The number of anilines is 2. The van der Waals surface area contributed by atoms with Gasteiger partial charge in [0, 0.05) is 23.0 Å². The summed E-state index contributed by atoms with van der Waals surface area (Å²) in [5, 5.41) is 7.98. The number of halogens is 1. The lowest BCUT2D eigenvalue weighted by Gasteiger charge is -2.11. The number of rotatable bonds is 4. The molecule has 0 saturated carbocycles. The molecule has 4 rings (SSSR count). The van der Waals surface area contributed by atoms with E-state index in [1.165, 1.54) is 12.1 Å². The third kappa shape index (κ3) is 3.10. The molecule has 0 fully saturated rings. The minimum atomic E-state index is -0.273. The maximum Gasteiger partial charge on any atom is 0.165 e. The molecule has 27 heavy (non-hydrogen) atoms. The predicted octanol–water partition coefficient (Wildman–Crippen LogP) is 4.90. The molecule has 0 aliphatic rings. The van der Waals surface area contributed by atoms with Crippen LogP contribution < -0.4 is 10.1 Å². The summed E-state index contributed by atoms with van der Waals surface area (Å²) in [6, 6.07) is 15.9. The number of nitrogens with zero attached hydrogens (tertiary/aromatic N) is 3. The molecule has 0 atom stereocenters. The van der Waals surface area contributed by atoms with E-state index in [2.05, 4.69) is 10.4 Å². The van der Waals surface area contributed by atoms with Crippen LogP contribution in [0.2, 0.25) is 0 Å². The Bertz CT molecular complexity index is 1120. The van der Waals surface area contributed by atoms with Crippen LogP contribution >= 0.6 is 0 Å². The van der Waals surface area contributed by atoms with Crippen LogP contribution in [0.25, 0.3) is 16.8 Å². The zero-order valence-electron chi connectivity index (χ0n) is 15.3. The van der Waals surface area contributed by atoms with Crippen molar-refractivity contribution in [3.05, 3.63) is 71.8 Å². The first-order chi connectivity index (χ1) is 13.1. The van der Waals surface area contributed by atoms with E-state index in [4.69, 9.17) is 9.72 Å². The second-order valence-electron chi connectivity index (χ2n) is 6.31. The van der Waals surface area contributed by atoms with Gasteiger partial charge in [-0.05, 0) is 44.2 Å². The Hall–Kier alpha value is -3.41. The van der Waals surface area contributed by atoms with E-state index in [9.17, 15) is 4.39 Å². The molecule has 4 aromatic rings. The normalized spacial score (nSPS) is 11.0. The summed E-state index contributed by atoms with van der Waals surface area (Å²) in [5.74, 6) is 1.25. The first-order valence-electron chi connectivity index (χ1n) is 8.60. The second-order valence-corrected chi connectivity index (χ2v) is 6.31. The van der Waals surface area contributed by atoms with E-state index in [1.54, 1.807) is 23.8 Å². The van der Waals surface area contributed by atoms with Gasteiger partial charge in [-0.25, -0.2) is 9.37 Å². The minimum absolute atomic E-state index is 0.273. The zero-order chi connectivity index (χ0) is 19.0. The number of methoxy groups -OCH3 is 1. The van der Waals surface area contributed by atoms with Gasteiger partial charge in [0.15, 0.2) is 5.65 Å². The molecule has 0 radical (unpaired) electrons. The number of para-hydroxylation sites is 1. The van der Waals surface area contributed by atoms with Crippen LogP contribution in [0.1, 0.15) is 11.4 Å². The number of hydrogen-bond acceptors (Lipinski definition) is 4. The Balaban J connectivity index is 1.90.